The first kappa shape index (κ1) is 22.0. The fourth-order valence-electron chi connectivity index (χ4n) is 1.47. The number of halogens is 2. The van der Waals surface area contributed by atoms with Crippen molar-refractivity contribution in [1.29, 1.82) is 0 Å². The minimum atomic E-state index is 0. The van der Waals surface area contributed by atoms with Crippen molar-refractivity contribution < 1.29 is 60.2 Å². The molecule has 0 aliphatic carbocycles. The summed E-state index contributed by atoms with van der Waals surface area (Å²) in [5, 5.41) is 8.35. The zero-order valence-electron chi connectivity index (χ0n) is 9.22. The standard InChI is InChI=1S/2C5H10N.2BrH.Zr/c2*1-2-4-6-5-3-1;;;/h2*1-5H2;2*1H;/q2*-1;;;+4/p-2. The molecular formula is C10H20Br2N2Zr. The topological polar surface area (TPSA) is 28.2 Å². The van der Waals surface area contributed by atoms with Crippen molar-refractivity contribution in [1.82, 2.24) is 0 Å². The Morgan fingerprint density at radius 1 is 0.467 bits per heavy atom. The Labute approximate surface area is 134 Å². The molecule has 2 nitrogen and oxygen atoms in total. The van der Waals surface area contributed by atoms with Crippen LogP contribution in [0.15, 0.2) is 0 Å². The van der Waals surface area contributed by atoms with Gasteiger partial charge in [-0.25, -0.2) is 0 Å². The van der Waals surface area contributed by atoms with Crippen molar-refractivity contribution in [2.75, 3.05) is 26.2 Å². The molecule has 2 heterocycles. The zero-order chi connectivity index (χ0) is 8.49. The Bertz CT molecular complexity index is 64.4. The van der Waals surface area contributed by atoms with Crippen LogP contribution in [0.25, 0.3) is 10.6 Å². The van der Waals surface area contributed by atoms with Gasteiger partial charge in [0.25, 0.3) is 0 Å². The van der Waals surface area contributed by atoms with E-state index < -0.39 is 0 Å². The second kappa shape index (κ2) is 18.1. The number of hydrogen-bond donors (Lipinski definition) is 0. The Balaban J connectivity index is -0.000000160. The number of hydrogen-bond acceptors (Lipinski definition) is 0. The molecular weight excluding hydrogens is 399 g/mol. The van der Waals surface area contributed by atoms with Crippen LogP contribution in [0.3, 0.4) is 0 Å². The van der Waals surface area contributed by atoms with Crippen molar-refractivity contribution in [2.24, 2.45) is 0 Å². The van der Waals surface area contributed by atoms with E-state index >= 15 is 0 Å². The molecule has 0 aromatic carbocycles. The molecule has 2 rings (SSSR count). The summed E-state index contributed by atoms with van der Waals surface area (Å²) < 4.78 is 0. The molecule has 0 amide bonds. The van der Waals surface area contributed by atoms with E-state index in [4.69, 9.17) is 0 Å². The maximum absolute atomic E-state index is 4.18. The zero-order valence-corrected chi connectivity index (χ0v) is 14.9. The fraction of sp³-hybridized carbons (Fsp3) is 1.00. The average molecular weight is 419 g/mol. The van der Waals surface area contributed by atoms with Crippen molar-refractivity contribution in [3.8, 4) is 0 Å². The predicted octanol–water partition coefficient (Wildman–Crippen LogP) is -2.91. The molecule has 0 spiro atoms. The quantitative estimate of drug-likeness (QED) is 0.403. The summed E-state index contributed by atoms with van der Waals surface area (Å²) >= 11 is 0. The van der Waals surface area contributed by atoms with Crippen LogP contribution in [0.4, 0.5) is 0 Å². The van der Waals surface area contributed by atoms with Crippen LogP contribution in [0.1, 0.15) is 38.5 Å². The Kier molecular flexibility index (Phi) is 26.6. The van der Waals surface area contributed by atoms with Gasteiger partial charge in [-0.15, -0.1) is 26.2 Å². The molecule has 2 saturated heterocycles. The van der Waals surface area contributed by atoms with E-state index in [1.807, 2.05) is 0 Å². The monoisotopic (exact) mass is 416 g/mol. The van der Waals surface area contributed by atoms with Crippen molar-refractivity contribution in [3.05, 3.63) is 10.6 Å². The second-order valence-corrected chi connectivity index (χ2v) is 3.46. The first-order chi connectivity index (χ1) is 6.00. The Morgan fingerprint density at radius 3 is 0.800 bits per heavy atom. The molecule has 15 heavy (non-hydrogen) atoms. The summed E-state index contributed by atoms with van der Waals surface area (Å²) in [7, 11) is 0. The van der Waals surface area contributed by atoms with E-state index in [-0.39, 0.29) is 60.2 Å². The van der Waals surface area contributed by atoms with Crippen molar-refractivity contribution >= 4 is 0 Å². The van der Waals surface area contributed by atoms with Crippen molar-refractivity contribution in [2.45, 2.75) is 38.5 Å². The van der Waals surface area contributed by atoms with Crippen LogP contribution in [0.5, 0.6) is 0 Å². The first-order valence-corrected chi connectivity index (χ1v) is 5.26. The molecule has 5 heteroatoms. The minimum absolute atomic E-state index is 0. The predicted molar refractivity (Wildman–Crippen MR) is 53.9 cm³/mol. The molecule has 0 bridgehead atoms. The number of rotatable bonds is 0. The third-order valence-electron chi connectivity index (χ3n) is 2.26. The van der Waals surface area contributed by atoms with Gasteiger partial charge in [-0.3, -0.25) is 0 Å². The average Bonchev–Trinajstić information content (AvgIpc) is 2.24. The van der Waals surface area contributed by atoms with Crippen LogP contribution in [-0.4, -0.2) is 26.2 Å². The van der Waals surface area contributed by atoms with E-state index in [2.05, 4.69) is 10.6 Å². The summed E-state index contributed by atoms with van der Waals surface area (Å²) in [5.41, 5.74) is 0. The van der Waals surface area contributed by atoms with E-state index in [9.17, 15) is 0 Å². The third-order valence-corrected chi connectivity index (χ3v) is 2.26. The summed E-state index contributed by atoms with van der Waals surface area (Å²) in [6.45, 7) is 4.50. The van der Waals surface area contributed by atoms with Crippen LogP contribution >= 0.6 is 0 Å². The third kappa shape index (κ3) is 15.8. The number of nitrogens with zero attached hydrogens (tertiary/aromatic N) is 2. The molecule has 0 saturated carbocycles. The van der Waals surface area contributed by atoms with Crippen LogP contribution in [0.2, 0.25) is 0 Å². The van der Waals surface area contributed by atoms with Gasteiger partial charge < -0.3 is 44.6 Å². The summed E-state index contributed by atoms with van der Waals surface area (Å²) in [4.78, 5) is 0. The van der Waals surface area contributed by atoms with Gasteiger partial charge in [0.1, 0.15) is 0 Å². The summed E-state index contributed by atoms with van der Waals surface area (Å²) in [6, 6.07) is 0. The molecule has 0 unspecified atom stereocenters. The van der Waals surface area contributed by atoms with Gasteiger partial charge in [0.05, 0.1) is 0 Å². The van der Waals surface area contributed by atoms with E-state index in [0.29, 0.717) is 0 Å². The van der Waals surface area contributed by atoms with Gasteiger partial charge in [-0.05, 0) is 0 Å². The van der Waals surface area contributed by atoms with Crippen LogP contribution in [0, 0.1) is 0 Å². The Hall–Kier alpha value is 1.76. The second-order valence-electron chi connectivity index (χ2n) is 3.46. The SMILES string of the molecule is C1CC[N-]CC1.C1CC[N-]CC1.[Br-].[Br-].[Zr+4]. The summed E-state index contributed by atoms with van der Waals surface area (Å²) in [6.07, 6.45) is 8.15. The van der Waals surface area contributed by atoms with Gasteiger partial charge in [0.15, 0.2) is 0 Å². The van der Waals surface area contributed by atoms with E-state index in [1.165, 1.54) is 38.5 Å². The summed E-state index contributed by atoms with van der Waals surface area (Å²) in [5.74, 6) is 0. The molecule has 2 fully saturated rings. The first-order valence-electron chi connectivity index (χ1n) is 5.26. The maximum atomic E-state index is 4.18. The molecule has 0 aromatic rings. The smallest absolute Gasteiger partial charge is 1.00 e. The van der Waals surface area contributed by atoms with E-state index in [1.54, 1.807) is 0 Å². The molecule has 2 aliphatic rings. The molecule has 2 aliphatic heterocycles. The molecule has 0 atom stereocenters. The maximum Gasteiger partial charge on any atom is 4.00 e. The number of piperidine rings is 2. The van der Waals surface area contributed by atoms with Gasteiger partial charge in [0.2, 0.25) is 0 Å². The van der Waals surface area contributed by atoms with Gasteiger partial charge in [-0.2, -0.15) is 0 Å². The van der Waals surface area contributed by atoms with Gasteiger partial charge in [0, 0.05) is 0 Å². The molecule has 0 N–H and O–H groups in total. The van der Waals surface area contributed by atoms with Gasteiger partial charge >= 0.3 is 26.2 Å². The molecule has 0 aromatic heterocycles. The normalized spacial score (nSPS) is 19.2. The minimum Gasteiger partial charge on any atom is -1.00 e. The van der Waals surface area contributed by atoms with Crippen LogP contribution in [-0.2, 0) is 26.2 Å². The fourth-order valence-corrected chi connectivity index (χ4v) is 1.47. The van der Waals surface area contributed by atoms with Gasteiger partial charge in [-0.1, -0.05) is 38.5 Å². The molecule has 88 valence electrons. The van der Waals surface area contributed by atoms with Crippen molar-refractivity contribution in [3.63, 3.8) is 0 Å². The largest absolute Gasteiger partial charge is 4.00 e. The van der Waals surface area contributed by atoms with Crippen LogP contribution < -0.4 is 34.0 Å². The Morgan fingerprint density at radius 2 is 0.733 bits per heavy atom. The molecule has 0 radical (unpaired) electrons. The van der Waals surface area contributed by atoms with E-state index in [0.717, 1.165) is 26.2 Å².